The number of carbonyl (C=O) groups is 2. The van der Waals surface area contributed by atoms with E-state index < -0.39 is 36.3 Å². The lowest BCUT2D eigenvalue weighted by molar-refractivity contribution is 0.0285. The van der Waals surface area contributed by atoms with Crippen LogP contribution in [0.1, 0.15) is 82.2 Å². The highest BCUT2D eigenvalue weighted by Crippen LogP contribution is 2.39. The molecule has 3 N–H and O–H groups in total. The molecular weight excluding hydrogens is 565 g/mol. The van der Waals surface area contributed by atoms with Crippen molar-refractivity contribution in [2.75, 3.05) is 12.4 Å². The van der Waals surface area contributed by atoms with Gasteiger partial charge in [0.1, 0.15) is 13.8 Å². The Morgan fingerprint density at radius 1 is 0.929 bits per heavy atom. The van der Waals surface area contributed by atoms with Crippen LogP contribution in [0.3, 0.4) is 0 Å². The lowest BCUT2D eigenvalue weighted by Gasteiger charge is -2.42. The van der Waals surface area contributed by atoms with Crippen LogP contribution in [0, 0.1) is 0 Å². The van der Waals surface area contributed by atoms with Gasteiger partial charge in [-0.15, -0.1) is 0 Å². The minimum Gasteiger partial charge on any atom is -0.444 e. The normalized spacial score (nSPS) is 15.5. The summed E-state index contributed by atoms with van der Waals surface area (Å²) < 4.78 is 26.7. The Labute approximate surface area is 254 Å². The molecule has 0 radical (unpaired) electrons. The largest absolute Gasteiger partial charge is 0.444 e. The molecule has 0 unspecified atom stereocenters. The Hall–Kier alpha value is -2.69. The Kier molecular flexibility index (Phi) is 9.03. The zero-order chi connectivity index (χ0) is 31.1. The number of carbonyl (C=O) groups excluding carboxylic acids is 2. The summed E-state index contributed by atoms with van der Waals surface area (Å²) in [5, 5.41) is 3.04. The Bertz CT molecular complexity index is 1360. The monoisotopic (exact) mass is 614 g/mol. The van der Waals surface area contributed by atoms with E-state index >= 15 is 0 Å². The van der Waals surface area contributed by atoms with Crippen molar-refractivity contribution in [1.82, 2.24) is 14.0 Å². The summed E-state index contributed by atoms with van der Waals surface area (Å²) in [6.45, 7) is 16.6. The number of nitrogens with one attached hydrogen (secondary N) is 3. The number of rotatable bonds is 7. The summed E-state index contributed by atoms with van der Waals surface area (Å²) in [4.78, 5) is 28.1. The molecule has 2 aliphatic rings. The smallest absolute Gasteiger partial charge is 0.410 e. The van der Waals surface area contributed by atoms with E-state index in [1.54, 1.807) is 19.2 Å². The van der Waals surface area contributed by atoms with Gasteiger partial charge < -0.3 is 15.0 Å². The van der Waals surface area contributed by atoms with E-state index in [2.05, 4.69) is 54.4 Å². The molecule has 0 heterocycles. The number of hydrogen-bond donors (Lipinski definition) is 4. The summed E-state index contributed by atoms with van der Waals surface area (Å²) in [7, 11) is -4.21. The first kappa shape index (κ1) is 32.2. The van der Waals surface area contributed by atoms with Gasteiger partial charge in [0.05, 0.1) is 0 Å². The van der Waals surface area contributed by atoms with E-state index in [0.717, 1.165) is 49.8 Å². The average molecular weight is 615 g/mol. The zero-order valence-electron chi connectivity index (χ0n) is 26.9. The molecule has 3 amide bonds. The number of aryl methyl sites for hydroxylation is 2. The van der Waals surface area contributed by atoms with E-state index in [4.69, 9.17) is 4.74 Å². The number of fused-ring (bicyclic) bond motifs is 2. The van der Waals surface area contributed by atoms with Gasteiger partial charge >= 0.3 is 12.1 Å². The number of amides is 3. The fourth-order valence-corrected chi connectivity index (χ4v) is 11.7. The molecular formula is C32H50N4O4SSi. The summed E-state index contributed by atoms with van der Waals surface area (Å²) in [6, 6.07) is 9.17. The second-order valence-corrected chi connectivity index (χ2v) is 22.0. The fraction of sp³-hybridized carbons (Fsp3) is 0.562. The maximum Gasteiger partial charge on any atom is 0.410 e. The molecule has 232 valence electrons. The third-order valence-electron chi connectivity index (χ3n) is 8.71. The van der Waals surface area contributed by atoms with Gasteiger partial charge in [0, 0.05) is 34.5 Å². The molecule has 4 rings (SSSR count). The van der Waals surface area contributed by atoms with E-state index in [1.807, 2.05) is 32.9 Å². The number of hydrogen-bond acceptors (Lipinski definition) is 4. The topological polar surface area (TPSA) is 99.8 Å². The molecule has 2 aromatic carbocycles. The van der Waals surface area contributed by atoms with E-state index in [1.165, 1.54) is 27.2 Å². The van der Waals surface area contributed by atoms with Crippen LogP contribution in [0.25, 0.3) is 0 Å². The van der Waals surface area contributed by atoms with Crippen molar-refractivity contribution in [2.45, 2.75) is 115 Å². The molecule has 2 aliphatic carbocycles. The van der Waals surface area contributed by atoms with Crippen LogP contribution < -0.4 is 14.4 Å². The number of ether oxygens (including phenoxy) is 1. The number of urea groups is 1. The van der Waals surface area contributed by atoms with Gasteiger partial charge in [0.2, 0.25) is 0 Å². The minimum absolute atomic E-state index is 0.113. The highest BCUT2D eigenvalue weighted by atomic mass is 32.3. The number of benzene rings is 2. The molecule has 0 bridgehead atoms. The molecule has 0 spiro atoms. The van der Waals surface area contributed by atoms with Crippen LogP contribution in [0.2, 0.25) is 18.1 Å². The van der Waals surface area contributed by atoms with Gasteiger partial charge in [-0.2, -0.15) is 0 Å². The van der Waals surface area contributed by atoms with Gasteiger partial charge in [-0.05, 0) is 104 Å². The predicted molar refractivity (Wildman–Crippen MR) is 175 cm³/mol. The highest BCUT2D eigenvalue weighted by Gasteiger charge is 2.40. The molecule has 8 nitrogen and oxygen atoms in total. The third-order valence-corrected chi connectivity index (χ3v) is 17.5. The Balaban J connectivity index is 1.59. The van der Waals surface area contributed by atoms with Crippen LogP contribution in [-0.4, -0.2) is 42.1 Å². The van der Waals surface area contributed by atoms with Crippen molar-refractivity contribution in [3.05, 3.63) is 58.1 Å². The molecule has 0 fully saturated rings. The average Bonchev–Trinajstić information content (AvgIpc) is 3.51. The van der Waals surface area contributed by atoms with Crippen LogP contribution in [0.4, 0.5) is 15.3 Å². The molecule has 0 aliphatic heterocycles. The predicted octanol–water partition coefficient (Wildman–Crippen LogP) is 6.65. The lowest BCUT2D eigenvalue weighted by Crippen LogP contribution is -2.61. The Morgan fingerprint density at radius 3 is 1.98 bits per heavy atom. The van der Waals surface area contributed by atoms with E-state index in [-0.39, 0.29) is 5.04 Å². The van der Waals surface area contributed by atoms with Crippen molar-refractivity contribution < 1.29 is 18.5 Å². The fourth-order valence-electron chi connectivity index (χ4n) is 5.46. The van der Waals surface area contributed by atoms with Crippen LogP contribution >= 0.6 is 0 Å². The second kappa shape index (κ2) is 11.8. The molecule has 2 aromatic rings. The lowest BCUT2D eigenvalue weighted by atomic mass is 9.99. The first-order valence-electron chi connectivity index (χ1n) is 15.1. The first-order chi connectivity index (χ1) is 19.4. The minimum atomic E-state index is -3.58. The zero-order valence-corrected chi connectivity index (χ0v) is 28.8. The molecule has 10 heteroatoms. The van der Waals surface area contributed by atoms with Crippen molar-refractivity contribution in [2.24, 2.45) is 0 Å². The van der Waals surface area contributed by atoms with Crippen molar-refractivity contribution in [3.63, 3.8) is 0 Å². The molecule has 42 heavy (non-hydrogen) atoms. The van der Waals surface area contributed by atoms with Crippen molar-refractivity contribution in [3.8, 4) is 0 Å². The quantitative estimate of drug-likeness (QED) is 0.207. The maximum atomic E-state index is 14.8. The Morgan fingerprint density at radius 2 is 1.48 bits per heavy atom. The van der Waals surface area contributed by atoms with E-state index in [0.29, 0.717) is 11.4 Å². The van der Waals surface area contributed by atoms with Crippen LogP contribution in [0.15, 0.2) is 35.2 Å². The van der Waals surface area contributed by atoms with Gasteiger partial charge in [0.15, 0.2) is 0 Å². The van der Waals surface area contributed by atoms with E-state index in [9.17, 15) is 13.8 Å². The number of nitrogens with zero attached hydrogens (tertiary/aromatic N) is 1. The van der Waals surface area contributed by atoms with Gasteiger partial charge in [-0.3, -0.25) is 9.11 Å². The molecule has 0 saturated heterocycles. The summed E-state index contributed by atoms with van der Waals surface area (Å²) in [6.07, 6.45) is 5.77. The summed E-state index contributed by atoms with van der Waals surface area (Å²) in [5.74, 6) is 0. The van der Waals surface area contributed by atoms with Crippen molar-refractivity contribution in [1.29, 1.82) is 0 Å². The molecule has 0 saturated carbocycles. The first-order valence-corrected chi connectivity index (χ1v) is 19.8. The van der Waals surface area contributed by atoms with Gasteiger partial charge in [-0.25, -0.2) is 13.8 Å². The second-order valence-electron chi connectivity index (χ2n) is 14.4. The van der Waals surface area contributed by atoms with Crippen molar-refractivity contribution >= 4 is 36.4 Å². The summed E-state index contributed by atoms with van der Waals surface area (Å²) in [5.41, 5.74) is 6.35. The summed E-state index contributed by atoms with van der Waals surface area (Å²) >= 11 is 0. The third kappa shape index (κ3) is 7.26. The molecule has 0 aromatic heterocycles. The van der Waals surface area contributed by atoms with Crippen LogP contribution in [-0.2, 0) is 47.3 Å². The van der Waals surface area contributed by atoms with Crippen LogP contribution in [0.5, 0.6) is 0 Å². The SMILES string of the molecule is CN(Cc1ccc([SH](=O)(NC(=O)Nc2c3c(cc4c2CCC4)CCC3)N[Si](C)(C)C(C)(C)C)cc1)C(=O)OC(C)(C)C. The van der Waals surface area contributed by atoms with Gasteiger partial charge in [-0.1, -0.05) is 52.1 Å². The van der Waals surface area contributed by atoms with Gasteiger partial charge in [0.25, 0.3) is 0 Å². The molecule has 0 atom stereocenters. The number of thiol groups is 1. The highest BCUT2D eigenvalue weighted by molar-refractivity contribution is 8.01. The maximum absolute atomic E-state index is 14.8. The number of anilines is 1. The standard InChI is InChI=1S/C32H50N4O4SSi/c1-31(2,3)40-30(38)36(7)21-22-16-18-25(19-17-22)41(39,35-42(8,9)32(4,5)6)34-29(37)33-28-26-14-10-12-23(26)20-24-13-11-15-27(24)28/h16-20,41H,10-15,21H2,1-9H3,(H3,33,34,35,37,39).